The maximum absolute atomic E-state index is 12.7. The monoisotopic (exact) mass is 417 g/mol. The van der Waals surface area contributed by atoms with Gasteiger partial charge in [0.15, 0.2) is 0 Å². The number of rotatable bonds is 6. The Labute approximate surface area is 174 Å². The molecule has 1 aromatic carbocycles. The molecule has 1 aliphatic heterocycles. The summed E-state index contributed by atoms with van der Waals surface area (Å²) in [5.74, 6) is 0.798. The second-order valence-electron chi connectivity index (χ2n) is 6.89. The van der Waals surface area contributed by atoms with Gasteiger partial charge in [0.05, 0.1) is 37.7 Å². The quantitative estimate of drug-likeness (QED) is 0.622. The first-order valence-corrected chi connectivity index (χ1v) is 9.16. The number of amides is 1. The molecule has 0 bridgehead atoms. The van der Waals surface area contributed by atoms with Gasteiger partial charge in [-0.3, -0.25) is 9.48 Å². The highest BCUT2D eigenvalue weighted by Gasteiger charge is 2.34. The molecular formula is C19H24ClN7O2. The molecule has 0 unspecified atom stereocenters. The summed E-state index contributed by atoms with van der Waals surface area (Å²) in [6.45, 7) is 1.77. The lowest BCUT2D eigenvalue weighted by Crippen LogP contribution is -2.34. The molecule has 9 nitrogen and oxygen atoms in total. The minimum atomic E-state index is -0.124. The zero-order valence-corrected chi connectivity index (χ0v) is 17.1. The van der Waals surface area contributed by atoms with Crippen LogP contribution in [0.5, 0.6) is 5.75 Å². The molecule has 1 aliphatic rings. The highest BCUT2D eigenvalue weighted by Crippen LogP contribution is 2.27. The number of aryl methyl sites for hydroxylation is 1. The van der Waals surface area contributed by atoms with E-state index < -0.39 is 0 Å². The fourth-order valence-corrected chi connectivity index (χ4v) is 3.49. The van der Waals surface area contributed by atoms with Crippen molar-refractivity contribution in [3.05, 3.63) is 54.1 Å². The van der Waals surface area contributed by atoms with Crippen LogP contribution in [0.3, 0.4) is 0 Å². The lowest BCUT2D eigenvalue weighted by molar-refractivity contribution is -0.125. The largest absolute Gasteiger partial charge is 0.497 e. The van der Waals surface area contributed by atoms with E-state index in [1.807, 2.05) is 49.9 Å². The first kappa shape index (κ1) is 20.8. The topological polar surface area (TPSA) is 98.9 Å². The van der Waals surface area contributed by atoms with Crippen LogP contribution in [0.4, 0.5) is 0 Å². The molecular weight excluding hydrogens is 394 g/mol. The van der Waals surface area contributed by atoms with Gasteiger partial charge in [0.25, 0.3) is 0 Å². The Hall–Kier alpha value is -2.91. The number of hydrogen-bond acceptors (Lipinski definition) is 6. The summed E-state index contributed by atoms with van der Waals surface area (Å²) in [7, 11) is 3.51. The Kier molecular flexibility index (Phi) is 6.50. The summed E-state index contributed by atoms with van der Waals surface area (Å²) in [6, 6.07) is 7.53. The lowest BCUT2D eigenvalue weighted by atomic mass is 9.90. The summed E-state index contributed by atoms with van der Waals surface area (Å²) in [5.41, 5.74) is 2.66. The average molecular weight is 418 g/mol. The molecule has 2 atom stereocenters. The molecule has 0 spiro atoms. The highest BCUT2D eigenvalue weighted by molar-refractivity contribution is 5.85. The van der Waals surface area contributed by atoms with Gasteiger partial charge >= 0.3 is 0 Å². The third kappa shape index (κ3) is 4.57. The average Bonchev–Trinajstić information content (AvgIpc) is 3.46. The molecule has 2 N–H and O–H groups in total. The number of ether oxygens (including phenoxy) is 1. The maximum atomic E-state index is 12.7. The molecule has 0 aliphatic carbocycles. The van der Waals surface area contributed by atoms with E-state index >= 15 is 0 Å². The first-order valence-electron chi connectivity index (χ1n) is 9.16. The van der Waals surface area contributed by atoms with Gasteiger partial charge in [-0.15, -0.1) is 17.5 Å². The number of carbonyl (C=O) groups is 1. The molecule has 2 aromatic heterocycles. The molecule has 1 saturated heterocycles. The van der Waals surface area contributed by atoms with Gasteiger partial charge in [-0.1, -0.05) is 5.21 Å². The Morgan fingerprint density at radius 2 is 2.07 bits per heavy atom. The second kappa shape index (κ2) is 9.06. The Bertz CT molecular complexity index is 954. The van der Waals surface area contributed by atoms with Crippen molar-refractivity contribution in [1.82, 2.24) is 35.4 Å². The first-order chi connectivity index (χ1) is 13.6. The van der Waals surface area contributed by atoms with Gasteiger partial charge in [-0.2, -0.15) is 5.10 Å². The Balaban J connectivity index is 0.00000240. The lowest BCUT2D eigenvalue weighted by Gasteiger charge is -2.16. The summed E-state index contributed by atoms with van der Waals surface area (Å²) in [4.78, 5) is 12.7. The summed E-state index contributed by atoms with van der Waals surface area (Å²) in [5, 5.41) is 18.8. The van der Waals surface area contributed by atoms with Crippen molar-refractivity contribution < 1.29 is 9.53 Å². The van der Waals surface area contributed by atoms with Crippen molar-refractivity contribution in [3.8, 4) is 11.4 Å². The predicted octanol–water partition coefficient (Wildman–Crippen LogP) is 1.05. The van der Waals surface area contributed by atoms with Gasteiger partial charge in [-0.05, 0) is 29.8 Å². The van der Waals surface area contributed by atoms with E-state index in [0.717, 1.165) is 23.5 Å². The van der Waals surface area contributed by atoms with E-state index in [1.165, 1.54) is 0 Å². The van der Waals surface area contributed by atoms with Gasteiger partial charge in [-0.25, -0.2) is 4.68 Å². The van der Waals surface area contributed by atoms with Crippen molar-refractivity contribution in [2.45, 2.75) is 12.5 Å². The second-order valence-corrected chi connectivity index (χ2v) is 6.89. The summed E-state index contributed by atoms with van der Waals surface area (Å²) < 4.78 is 8.60. The van der Waals surface area contributed by atoms with Gasteiger partial charge in [0, 0.05) is 32.3 Å². The maximum Gasteiger partial charge on any atom is 0.225 e. The number of carbonyl (C=O) groups excluding carboxylic acids is 1. The molecule has 29 heavy (non-hydrogen) atoms. The minimum absolute atomic E-state index is 0. The Morgan fingerprint density at radius 1 is 1.28 bits per heavy atom. The van der Waals surface area contributed by atoms with Gasteiger partial charge in [0.1, 0.15) is 11.4 Å². The molecule has 1 fully saturated rings. The van der Waals surface area contributed by atoms with Crippen LogP contribution in [0.2, 0.25) is 0 Å². The zero-order valence-electron chi connectivity index (χ0n) is 16.3. The molecule has 3 aromatic rings. The van der Waals surface area contributed by atoms with Crippen molar-refractivity contribution in [3.63, 3.8) is 0 Å². The van der Waals surface area contributed by atoms with Crippen LogP contribution in [0.1, 0.15) is 17.2 Å². The van der Waals surface area contributed by atoms with Crippen molar-refractivity contribution in [2.75, 3.05) is 20.2 Å². The van der Waals surface area contributed by atoms with Crippen LogP contribution in [0.25, 0.3) is 5.69 Å². The standard InChI is InChI=1S/C19H23N7O2.ClH/c1-25-11-13(7-22-25)17-9-20-10-18(17)19(27)21-8-14-12-26(24-23-14)15-3-5-16(28-2)6-4-15;/h3-7,11-12,17-18,20H,8-10H2,1-2H3,(H,21,27);1H/t17-,18+;/m1./s1. The van der Waals surface area contributed by atoms with E-state index in [1.54, 1.807) is 16.5 Å². The number of nitrogens with zero attached hydrogens (tertiary/aromatic N) is 5. The molecule has 10 heteroatoms. The van der Waals surface area contributed by atoms with E-state index in [2.05, 4.69) is 26.0 Å². The molecule has 3 heterocycles. The van der Waals surface area contributed by atoms with Crippen LogP contribution in [-0.2, 0) is 18.4 Å². The number of methoxy groups -OCH3 is 1. The summed E-state index contributed by atoms with van der Waals surface area (Å²) >= 11 is 0. The fourth-order valence-electron chi connectivity index (χ4n) is 3.49. The van der Waals surface area contributed by atoms with Crippen LogP contribution in [0, 0.1) is 5.92 Å². The van der Waals surface area contributed by atoms with Gasteiger partial charge in [0.2, 0.25) is 5.91 Å². The molecule has 4 rings (SSSR count). The van der Waals surface area contributed by atoms with Crippen LogP contribution >= 0.6 is 12.4 Å². The predicted molar refractivity (Wildman–Crippen MR) is 109 cm³/mol. The third-order valence-electron chi connectivity index (χ3n) is 5.03. The van der Waals surface area contributed by atoms with Gasteiger partial charge < -0.3 is 15.4 Å². The van der Waals surface area contributed by atoms with Crippen LogP contribution in [0.15, 0.2) is 42.9 Å². The van der Waals surface area contributed by atoms with Crippen LogP contribution < -0.4 is 15.4 Å². The normalized spacial score (nSPS) is 18.3. The molecule has 0 radical (unpaired) electrons. The number of aromatic nitrogens is 5. The van der Waals surface area contributed by atoms with E-state index in [-0.39, 0.29) is 30.2 Å². The third-order valence-corrected chi connectivity index (χ3v) is 5.03. The van der Waals surface area contributed by atoms with E-state index in [4.69, 9.17) is 4.74 Å². The Morgan fingerprint density at radius 3 is 2.76 bits per heavy atom. The molecule has 154 valence electrons. The van der Waals surface area contributed by atoms with E-state index in [9.17, 15) is 4.79 Å². The molecule has 1 amide bonds. The fraction of sp³-hybridized carbons (Fsp3) is 0.368. The molecule has 0 saturated carbocycles. The number of nitrogens with one attached hydrogen (secondary N) is 2. The van der Waals surface area contributed by atoms with Crippen LogP contribution in [-0.4, -0.2) is 50.9 Å². The summed E-state index contributed by atoms with van der Waals surface area (Å²) in [6.07, 6.45) is 5.62. The minimum Gasteiger partial charge on any atom is -0.497 e. The van der Waals surface area contributed by atoms with Crippen molar-refractivity contribution in [1.29, 1.82) is 0 Å². The highest BCUT2D eigenvalue weighted by atomic mass is 35.5. The number of benzene rings is 1. The van der Waals surface area contributed by atoms with Crippen molar-refractivity contribution >= 4 is 18.3 Å². The SMILES string of the molecule is COc1ccc(-n2cc(CNC(=O)[C@H]3CNC[C@@H]3c3cnn(C)c3)nn2)cc1.Cl. The number of hydrogen-bond donors (Lipinski definition) is 2. The van der Waals surface area contributed by atoms with Crippen molar-refractivity contribution in [2.24, 2.45) is 13.0 Å². The zero-order chi connectivity index (χ0) is 19.5. The smallest absolute Gasteiger partial charge is 0.225 e. The van der Waals surface area contributed by atoms with E-state index in [0.29, 0.717) is 18.8 Å². The number of halogens is 1.